The molecule has 0 saturated carbocycles. The van der Waals surface area contributed by atoms with Crippen molar-refractivity contribution in [1.82, 2.24) is 15.3 Å². The van der Waals surface area contributed by atoms with E-state index in [9.17, 15) is 9.59 Å². The van der Waals surface area contributed by atoms with E-state index < -0.39 is 6.09 Å². The van der Waals surface area contributed by atoms with Crippen LogP contribution in [0.15, 0.2) is 42.5 Å². The number of hydrogen-bond acceptors (Lipinski definition) is 5. The number of carbonyl (C=O) groups is 2. The van der Waals surface area contributed by atoms with Gasteiger partial charge in [0, 0.05) is 37.1 Å². The Hall–Kier alpha value is -3.39. The van der Waals surface area contributed by atoms with Crippen LogP contribution >= 0.6 is 0 Å². The molecule has 1 heterocycles. The van der Waals surface area contributed by atoms with Crippen molar-refractivity contribution in [3.63, 3.8) is 0 Å². The molecule has 0 unspecified atom stereocenters. The maximum atomic E-state index is 12.4. The molecule has 3 aromatic rings. The molecule has 2 aromatic carbocycles. The number of imidazole rings is 1. The molecule has 3 rings (SSSR count). The molecule has 30 heavy (non-hydrogen) atoms. The number of anilines is 1. The number of aromatic amines is 1. The number of amides is 2. The molecule has 3 N–H and O–H groups in total. The molecule has 0 spiro atoms. The van der Waals surface area contributed by atoms with Crippen molar-refractivity contribution in [2.24, 2.45) is 0 Å². The smallest absolute Gasteiger partial charge is 0.411 e. The summed E-state index contributed by atoms with van der Waals surface area (Å²) in [4.78, 5) is 32.0. The van der Waals surface area contributed by atoms with Crippen molar-refractivity contribution in [2.45, 2.75) is 26.4 Å². The van der Waals surface area contributed by atoms with Gasteiger partial charge in [0.15, 0.2) is 0 Å². The van der Waals surface area contributed by atoms with Gasteiger partial charge in [-0.05, 0) is 50.6 Å². The quantitative estimate of drug-likeness (QED) is 0.488. The van der Waals surface area contributed by atoms with E-state index in [4.69, 9.17) is 9.47 Å². The third-order valence-corrected chi connectivity index (χ3v) is 4.28. The van der Waals surface area contributed by atoms with Crippen molar-refractivity contribution >= 4 is 28.7 Å². The van der Waals surface area contributed by atoms with Crippen LogP contribution in [-0.4, -0.2) is 48.3 Å². The lowest BCUT2D eigenvalue weighted by Gasteiger charge is -2.09. The summed E-state index contributed by atoms with van der Waals surface area (Å²) in [5, 5.41) is 5.57. The summed E-state index contributed by atoms with van der Waals surface area (Å²) < 4.78 is 10.1. The first-order chi connectivity index (χ1) is 14.5. The Kier molecular flexibility index (Phi) is 7.03. The largest absolute Gasteiger partial charge is 0.447 e. The van der Waals surface area contributed by atoms with Crippen LogP contribution in [0.2, 0.25) is 0 Å². The standard InChI is InChI=1S/C22H26N4O4/c1-14(2)30-22(28)24-17-8-9-18-19(13-17)26-20(25-18)15-6-4-7-16(12-15)21(27)23-10-5-11-29-3/h4,6-9,12-14H,5,10-11H2,1-3H3,(H,23,27)(H,24,28)(H,25,26). The SMILES string of the molecule is COCCCNC(=O)c1cccc(-c2nc3cc(NC(=O)OC(C)C)ccc3[nH]2)c1. The van der Waals surface area contributed by atoms with Crippen LogP contribution in [-0.2, 0) is 9.47 Å². The summed E-state index contributed by atoms with van der Waals surface area (Å²) in [6.07, 6.45) is 0.0477. The predicted octanol–water partition coefficient (Wildman–Crippen LogP) is 3.95. The molecule has 0 aliphatic rings. The zero-order valence-corrected chi connectivity index (χ0v) is 17.3. The summed E-state index contributed by atoms with van der Waals surface area (Å²) >= 11 is 0. The monoisotopic (exact) mass is 410 g/mol. The summed E-state index contributed by atoms with van der Waals surface area (Å²) in [7, 11) is 1.63. The fraction of sp³-hybridized carbons (Fsp3) is 0.318. The number of rotatable bonds is 8. The predicted molar refractivity (Wildman–Crippen MR) is 116 cm³/mol. The Labute approximate surface area is 175 Å². The van der Waals surface area contributed by atoms with E-state index in [1.165, 1.54) is 0 Å². The topological polar surface area (TPSA) is 105 Å². The van der Waals surface area contributed by atoms with Crippen molar-refractivity contribution in [3.05, 3.63) is 48.0 Å². The third-order valence-electron chi connectivity index (χ3n) is 4.28. The van der Waals surface area contributed by atoms with Crippen molar-refractivity contribution in [1.29, 1.82) is 0 Å². The van der Waals surface area contributed by atoms with Crippen LogP contribution in [0.5, 0.6) is 0 Å². The molecular formula is C22H26N4O4. The molecule has 0 atom stereocenters. The maximum absolute atomic E-state index is 12.4. The number of aromatic nitrogens is 2. The number of carbonyl (C=O) groups excluding carboxylic acids is 2. The highest BCUT2D eigenvalue weighted by molar-refractivity contribution is 5.95. The number of benzene rings is 2. The zero-order chi connectivity index (χ0) is 21.5. The number of fused-ring (bicyclic) bond motifs is 1. The van der Waals surface area contributed by atoms with Crippen molar-refractivity contribution < 1.29 is 19.1 Å². The molecule has 0 aliphatic heterocycles. The molecule has 0 bridgehead atoms. The number of hydrogen-bond donors (Lipinski definition) is 3. The Morgan fingerprint density at radius 1 is 1.17 bits per heavy atom. The van der Waals surface area contributed by atoms with Crippen molar-refractivity contribution in [2.75, 3.05) is 25.6 Å². The Bertz CT molecular complexity index is 1030. The van der Waals surface area contributed by atoms with Crippen LogP contribution < -0.4 is 10.6 Å². The molecule has 158 valence electrons. The van der Waals surface area contributed by atoms with Gasteiger partial charge in [-0.15, -0.1) is 0 Å². The van der Waals surface area contributed by atoms with E-state index in [1.54, 1.807) is 45.2 Å². The fourth-order valence-electron chi connectivity index (χ4n) is 2.91. The number of nitrogens with zero attached hydrogens (tertiary/aromatic N) is 1. The van der Waals surface area contributed by atoms with Gasteiger partial charge >= 0.3 is 6.09 Å². The zero-order valence-electron chi connectivity index (χ0n) is 17.3. The lowest BCUT2D eigenvalue weighted by molar-refractivity contribution is 0.0948. The van der Waals surface area contributed by atoms with Gasteiger partial charge in [-0.2, -0.15) is 0 Å². The van der Waals surface area contributed by atoms with Crippen LogP contribution in [0.1, 0.15) is 30.6 Å². The van der Waals surface area contributed by atoms with Gasteiger partial charge in [0.2, 0.25) is 0 Å². The highest BCUT2D eigenvalue weighted by Gasteiger charge is 2.11. The van der Waals surface area contributed by atoms with Gasteiger partial charge in [0.25, 0.3) is 5.91 Å². The molecule has 0 fully saturated rings. The first kappa shape index (κ1) is 21.3. The lowest BCUT2D eigenvalue weighted by atomic mass is 10.1. The Balaban J connectivity index is 1.75. The first-order valence-corrected chi connectivity index (χ1v) is 9.81. The van der Waals surface area contributed by atoms with Gasteiger partial charge < -0.3 is 19.8 Å². The minimum Gasteiger partial charge on any atom is -0.447 e. The Morgan fingerprint density at radius 3 is 2.77 bits per heavy atom. The van der Waals surface area contributed by atoms with Gasteiger partial charge in [-0.3, -0.25) is 10.1 Å². The van der Waals surface area contributed by atoms with Crippen LogP contribution in [0.3, 0.4) is 0 Å². The van der Waals surface area contributed by atoms with E-state index in [2.05, 4.69) is 20.6 Å². The van der Waals surface area contributed by atoms with Gasteiger partial charge in [-0.1, -0.05) is 12.1 Å². The lowest BCUT2D eigenvalue weighted by Crippen LogP contribution is -2.25. The summed E-state index contributed by atoms with van der Waals surface area (Å²) in [5.74, 6) is 0.500. The fourth-order valence-corrected chi connectivity index (χ4v) is 2.91. The van der Waals surface area contributed by atoms with Crippen LogP contribution in [0.25, 0.3) is 22.4 Å². The van der Waals surface area contributed by atoms with Crippen molar-refractivity contribution in [3.8, 4) is 11.4 Å². The maximum Gasteiger partial charge on any atom is 0.411 e. The van der Waals surface area contributed by atoms with E-state index >= 15 is 0 Å². The number of methoxy groups -OCH3 is 1. The third kappa shape index (κ3) is 5.57. The van der Waals surface area contributed by atoms with E-state index in [-0.39, 0.29) is 12.0 Å². The summed E-state index contributed by atoms with van der Waals surface area (Å²) in [6, 6.07) is 12.6. The second-order valence-corrected chi connectivity index (χ2v) is 7.08. The van der Waals surface area contributed by atoms with E-state index in [1.807, 2.05) is 18.2 Å². The molecule has 0 aliphatic carbocycles. The number of nitrogens with one attached hydrogen (secondary N) is 3. The van der Waals surface area contributed by atoms with Gasteiger partial charge in [-0.25, -0.2) is 9.78 Å². The molecule has 8 heteroatoms. The Morgan fingerprint density at radius 2 is 2.00 bits per heavy atom. The average molecular weight is 410 g/mol. The van der Waals surface area contributed by atoms with E-state index in [0.717, 1.165) is 17.5 Å². The van der Waals surface area contributed by atoms with E-state index in [0.29, 0.717) is 35.7 Å². The molecular weight excluding hydrogens is 384 g/mol. The van der Waals surface area contributed by atoms with Crippen LogP contribution in [0, 0.1) is 0 Å². The highest BCUT2D eigenvalue weighted by Crippen LogP contribution is 2.24. The first-order valence-electron chi connectivity index (χ1n) is 9.81. The normalized spacial score (nSPS) is 10.9. The molecule has 1 aromatic heterocycles. The molecule has 2 amide bonds. The minimum absolute atomic E-state index is 0.140. The van der Waals surface area contributed by atoms with Crippen LogP contribution in [0.4, 0.5) is 10.5 Å². The summed E-state index contributed by atoms with van der Waals surface area (Å²) in [6.45, 7) is 4.73. The molecule has 8 nitrogen and oxygen atoms in total. The van der Waals surface area contributed by atoms with Gasteiger partial charge in [0.1, 0.15) is 5.82 Å². The highest BCUT2D eigenvalue weighted by atomic mass is 16.6. The number of H-pyrrole nitrogens is 1. The second-order valence-electron chi connectivity index (χ2n) is 7.08. The number of ether oxygens (including phenoxy) is 2. The molecule has 0 radical (unpaired) electrons. The second kappa shape index (κ2) is 9.89. The average Bonchev–Trinajstić information content (AvgIpc) is 3.14. The van der Waals surface area contributed by atoms with Gasteiger partial charge in [0.05, 0.1) is 17.1 Å². The molecule has 0 saturated heterocycles. The summed E-state index contributed by atoms with van der Waals surface area (Å²) in [5.41, 5.74) is 3.47. The minimum atomic E-state index is -0.510.